The van der Waals surface area contributed by atoms with Crippen molar-refractivity contribution in [3.05, 3.63) is 65.1 Å². The van der Waals surface area contributed by atoms with Gasteiger partial charge in [0, 0.05) is 19.2 Å². The van der Waals surface area contributed by atoms with Gasteiger partial charge in [0.25, 0.3) is 11.8 Å². The number of benzene rings is 1. The molecule has 27 heavy (non-hydrogen) atoms. The van der Waals surface area contributed by atoms with Gasteiger partial charge in [-0.05, 0) is 31.2 Å². The molecule has 1 aliphatic heterocycles. The van der Waals surface area contributed by atoms with Crippen molar-refractivity contribution in [1.29, 1.82) is 0 Å². The molecule has 136 valence electrons. The summed E-state index contributed by atoms with van der Waals surface area (Å²) in [5, 5.41) is 10.8. The monoisotopic (exact) mass is 363 g/mol. The third kappa shape index (κ3) is 3.05. The van der Waals surface area contributed by atoms with Crippen LogP contribution >= 0.6 is 0 Å². The SMILES string of the molecule is Cc1ccc2c(c1)C(=O)N(CCC(=O)NCc1nnc3ccccn13)C2=O. The number of carbonyl (C=O) groups is 3. The lowest BCUT2D eigenvalue weighted by atomic mass is 10.1. The Hall–Kier alpha value is -3.55. The number of pyridine rings is 1. The number of fused-ring (bicyclic) bond motifs is 2. The molecule has 0 aliphatic carbocycles. The zero-order chi connectivity index (χ0) is 19.0. The fraction of sp³-hybridized carbons (Fsp3) is 0.211. The van der Waals surface area contributed by atoms with E-state index < -0.39 is 0 Å². The molecular weight excluding hydrogens is 346 g/mol. The second-order valence-corrected chi connectivity index (χ2v) is 6.38. The minimum Gasteiger partial charge on any atom is -0.349 e. The van der Waals surface area contributed by atoms with Crippen molar-refractivity contribution < 1.29 is 14.4 Å². The molecule has 0 fully saturated rings. The first-order valence-corrected chi connectivity index (χ1v) is 8.57. The van der Waals surface area contributed by atoms with Crippen LogP contribution in [0.1, 0.15) is 38.5 Å². The van der Waals surface area contributed by atoms with Crippen LogP contribution in [-0.2, 0) is 11.3 Å². The van der Waals surface area contributed by atoms with E-state index in [4.69, 9.17) is 0 Å². The molecule has 0 bridgehead atoms. The first-order valence-electron chi connectivity index (χ1n) is 8.57. The fourth-order valence-corrected chi connectivity index (χ4v) is 3.10. The lowest BCUT2D eigenvalue weighted by Crippen LogP contribution is -2.34. The number of nitrogens with one attached hydrogen (secondary N) is 1. The third-order valence-electron chi connectivity index (χ3n) is 4.52. The number of hydrogen-bond donors (Lipinski definition) is 1. The predicted octanol–water partition coefficient (Wildman–Crippen LogP) is 1.34. The molecule has 0 radical (unpaired) electrons. The molecule has 4 rings (SSSR count). The van der Waals surface area contributed by atoms with Crippen LogP contribution in [0.2, 0.25) is 0 Å². The van der Waals surface area contributed by atoms with Crippen molar-refractivity contribution in [3.8, 4) is 0 Å². The molecule has 0 unspecified atom stereocenters. The molecule has 8 nitrogen and oxygen atoms in total. The van der Waals surface area contributed by atoms with Gasteiger partial charge in [0.1, 0.15) is 0 Å². The first kappa shape index (κ1) is 16.9. The number of nitrogens with zero attached hydrogens (tertiary/aromatic N) is 4. The largest absolute Gasteiger partial charge is 0.349 e. The molecule has 1 aliphatic rings. The molecule has 8 heteroatoms. The summed E-state index contributed by atoms with van der Waals surface area (Å²) in [7, 11) is 0. The number of aromatic nitrogens is 3. The van der Waals surface area contributed by atoms with E-state index in [9.17, 15) is 14.4 Å². The molecule has 2 aromatic heterocycles. The van der Waals surface area contributed by atoms with Crippen LogP contribution in [0.5, 0.6) is 0 Å². The first-order chi connectivity index (χ1) is 13.0. The number of imide groups is 1. The normalized spacial score (nSPS) is 13.3. The van der Waals surface area contributed by atoms with Gasteiger partial charge in [-0.25, -0.2) is 0 Å². The molecule has 3 aromatic rings. The van der Waals surface area contributed by atoms with E-state index in [-0.39, 0.29) is 37.2 Å². The number of amides is 3. The smallest absolute Gasteiger partial charge is 0.261 e. The van der Waals surface area contributed by atoms with Gasteiger partial charge in [-0.1, -0.05) is 17.7 Å². The van der Waals surface area contributed by atoms with Crippen LogP contribution in [0.25, 0.3) is 5.65 Å². The molecule has 1 N–H and O–H groups in total. The van der Waals surface area contributed by atoms with Gasteiger partial charge >= 0.3 is 0 Å². The minimum atomic E-state index is -0.355. The van der Waals surface area contributed by atoms with E-state index in [0.717, 1.165) is 10.5 Å². The lowest BCUT2D eigenvalue weighted by Gasteiger charge is -2.13. The number of aryl methyl sites for hydroxylation is 1. The summed E-state index contributed by atoms with van der Waals surface area (Å²) in [5.41, 5.74) is 2.40. The Labute approximate surface area is 154 Å². The minimum absolute atomic E-state index is 0.0290. The number of rotatable bonds is 5. The maximum atomic E-state index is 12.4. The van der Waals surface area contributed by atoms with Gasteiger partial charge in [-0.15, -0.1) is 10.2 Å². The lowest BCUT2D eigenvalue weighted by molar-refractivity contribution is -0.121. The van der Waals surface area contributed by atoms with Crippen LogP contribution in [0.3, 0.4) is 0 Å². The quantitative estimate of drug-likeness (QED) is 0.690. The summed E-state index contributed by atoms with van der Waals surface area (Å²) in [5.74, 6) is -0.369. The standard InChI is InChI=1S/C19H17N5O3/c1-12-5-6-13-14(10-12)19(27)24(18(13)26)9-7-17(25)20-11-16-22-21-15-4-2-3-8-23(15)16/h2-6,8,10H,7,9,11H2,1H3,(H,20,25). The molecule has 3 heterocycles. The zero-order valence-electron chi connectivity index (χ0n) is 14.7. The van der Waals surface area contributed by atoms with Crippen molar-refractivity contribution in [1.82, 2.24) is 24.8 Å². The Morgan fingerprint density at radius 1 is 1.07 bits per heavy atom. The highest BCUT2D eigenvalue weighted by Crippen LogP contribution is 2.23. The van der Waals surface area contributed by atoms with E-state index in [2.05, 4.69) is 15.5 Å². The van der Waals surface area contributed by atoms with E-state index >= 15 is 0 Å². The van der Waals surface area contributed by atoms with Gasteiger partial charge in [0.15, 0.2) is 11.5 Å². The van der Waals surface area contributed by atoms with Crippen molar-refractivity contribution in [2.75, 3.05) is 6.54 Å². The summed E-state index contributed by atoms with van der Waals surface area (Å²) in [4.78, 5) is 38.1. The molecule has 1 aromatic carbocycles. The summed E-state index contributed by atoms with van der Waals surface area (Å²) in [6, 6.07) is 10.7. The van der Waals surface area contributed by atoms with Crippen molar-refractivity contribution >= 4 is 23.4 Å². The van der Waals surface area contributed by atoms with Gasteiger partial charge in [-0.3, -0.25) is 23.7 Å². The summed E-state index contributed by atoms with van der Waals surface area (Å²) in [6.45, 7) is 2.12. The van der Waals surface area contributed by atoms with E-state index in [0.29, 0.717) is 22.6 Å². The van der Waals surface area contributed by atoms with Crippen molar-refractivity contribution in [2.45, 2.75) is 19.9 Å². The topological polar surface area (TPSA) is 96.7 Å². The van der Waals surface area contributed by atoms with E-state index in [1.54, 1.807) is 22.6 Å². The van der Waals surface area contributed by atoms with Crippen molar-refractivity contribution in [3.63, 3.8) is 0 Å². The van der Waals surface area contributed by atoms with Gasteiger partial charge in [0.2, 0.25) is 5.91 Å². The average molecular weight is 363 g/mol. The molecule has 0 saturated carbocycles. The predicted molar refractivity (Wildman–Crippen MR) is 96.0 cm³/mol. The fourth-order valence-electron chi connectivity index (χ4n) is 3.10. The third-order valence-corrected chi connectivity index (χ3v) is 4.52. The van der Waals surface area contributed by atoms with Crippen LogP contribution in [0.4, 0.5) is 0 Å². The molecular formula is C19H17N5O3. The Balaban J connectivity index is 1.36. The highest BCUT2D eigenvalue weighted by atomic mass is 16.2. The Bertz CT molecular complexity index is 1070. The van der Waals surface area contributed by atoms with Crippen LogP contribution in [0.15, 0.2) is 42.6 Å². The Morgan fingerprint density at radius 3 is 2.74 bits per heavy atom. The molecule has 0 saturated heterocycles. The molecule has 3 amide bonds. The maximum Gasteiger partial charge on any atom is 0.261 e. The van der Waals surface area contributed by atoms with Crippen molar-refractivity contribution in [2.24, 2.45) is 0 Å². The highest BCUT2D eigenvalue weighted by Gasteiger charge is 2.35. The van der Waals surface area contributed by atoms with E-state index in [1.165, 1.54) is 0 Å². The number of carbonyl (C=O) groups excluding carboxylic acids is 3. The molecule has 0 spiro atoms. The highest BCUT2D eigenvalue weighted by molar-refractivity contribution is 6.21. The Kier molecular flexibility index (Phi) is 4.15. The summed E-state index contributed by atoms with van der Waals surface area (Å²) >= 11 is 0. The number of hydrogen-bond acceptors (Lipinski definition) is 5. The average Bonchev–Trinajstić information content (AvgIpc) is 3.18. The van der Waals surface area contributed by atoms with Gasteiger partial charge in [-0.2, -0.15) is 0 Å². The summed E-state index contributed by atoms with van der Waals surface area (Å²) < 4.78 is 1.78. The van der Waals surface area contributed by atoms with E-state index in [1.807, 2.05) is 31.3 Å². The van der Waals surface area contributed by atoms with Gasteiger partial charge < -0.3 is 5.32 Å². The zero-order valence-corrected chi connectivity index (χ0v) is 14.7. The van der Waals surface area contributed by atoms with Gasteiger partial charge in [0.05, 0.1) is 17.7 Å². The van der Waals surface area contributed by atoms with Crippen LogP contribution in [-0.4, -0.2) is 43.8 Å². The molecule has 0 atom stereocenters. The van der Waals surface area contributed by atoms with Crippen LogP contribution < -0.4 is 5.32 Å². The Morgan fingerprint density at radius 2 is 1.89 bits per heavy atom. The maximum absolute atomic E-state index is 12.4. The van der Waals surface area contributed by atoms with Crippen LogP contribution in [0, 0.1) is 6.92 Å². The second-order valence-electron chi connectivity index (χ2n) is 6.38. The summed E-state index contributed by atoms with van der Waals surface area (Å²) in [6.07, 6.45) is 1.85. The second kappa shape index (κ2) is 6.64.